The monoisotopic (exact) mass is 486 g/mol. The number of carbonyl (C=O) groups is 1. The van der Waals surface area contributed by atoms with Crippen LogP contribution in [0.1, 0.15) is 50.7 Å². The van der Waals surface area contributed by atoms with Gasteiger partial charge >= 0.3 is 0 Å². The summed E-state index contributed by atoms with van der Waals surface area (Å²) >= 11 is 0. The number of sulfonamides is 1. The molecular formula is C24H34N6O3S. The molecule has 10 heteroatoms. The first-order valence-corrected chi connectivity index (χ1v) is 13.3. The maximum absolute atomic E-state index is 12.8. The minimum atomic E-state index is -3.48. The van der Waals surface area contributed by atoms with Gasteiger partial charge < -0.3 is 16.4 Å². The van der Waals surface area contributed by atoms with Gasteiger partial charge in [-0.2, -0.15) is 0 Å². The lowest BCUT2D eigenvalue weighted by Gasteiger charge is -2.25. The molecule has 1 saturated carbocycles. The van der Waals surface area contributed by atoms with Gasteiger partial charge in [-0.3, -0.25) is 9.10 Å². The van der Waals surface area contributed by atoms with Crippen molar-refractivity contribution >= 4 is 44.5 Å². The molecular weight excluding hydrogens is 452 g/mol. The van der Waals surface area contributed by atoms with Gasteiger partial charge in [0.25, 0.3) is 5.91 Å². The Morgan fingerprint density at radius 1 is 1.29 bits per heavy atom. The molecule has 4 N–H and O–H groups in total. The van der Waals surface area contributed by atoms with Crippen molar-refractivity contribution < 1.29 is 13.2 Å². The van der Waals surface area contributed by atoms with Crippen molar-refractivity contribution in [2.45, 2.75) is 39.5 Å². The Hall–Kier alpha value is -3.14. The zero-order chi connectivity index (χ0) is 25.0. The molecule has 0 saturated heterocycles. The Bertz CT molecular complexity index is 1170. The Kier molecular flexibility index (Phi) is 7.81. The van der Waals surface area contributed by atoms with Crippen LogP contribution >= 0.6 is 0 Å². The number of carbonyl (C=O) groups excluding carboxylic acids is 1. The number of benzene rings is 1. The Morgan fingerprint density at radius 3 is 2.50 bits per heavy atom. The number of nitrogen functional groups attached to an aromatic ring is 1. The van der Waals surface area contributed by atoms with E-state index in [-0.39, 0.29) is 23.9 Å². The van der Waals surface area contributed by atoms with E-state index in [9.17, 15) is 13.2 Å². The van der Waals surface area contributed by atoms with Crippen LogP contribution in [-0.4, -0.2) is 51.4 Å². The van der Waals surface area contributed by atoms with Crippen molar-refractivity contribution in [3.05, 3.63) is 41.6 Å². The zero-order valence-corrected chi connectivity index (χ0v) is 21.2. The highest BCUT2D eigenvalue weighted by atomic mass is 32.2. The number of rotatable bonds is 10. The molecule has 1 heterocycles. The van der Waals surface area contributed by atoms with Gasteiger partial charge in [0.2, 0.25) is 10.0 Å². The van der Waals surface area contributed by atoms with E-state index in [0.29, 0.717) is 22.9 Å². The Balaban J connectivity index is 2.06. The number of likely N-dealkylation sites (N-methyl/N-ethyl adjacent to an activating group) is 1. The summed E-state index contributed by atoms with van der Waals surface area (Å²) in [6.07, 6.45) is 4.69. The van der Waals surface area contributed by atoms with E-state index in [1.54, 1.807) is 25.3 Å². The van der Waals surface area contributed by atoms with Gasteiger partial charge in [0.15, 0.2) is 0 Å². The van der Waals surface area contributed by atoms with E-state index in [1.807, 2.05) is 12.1 Å². The second-order valence-corrected chi connectivity index (χ2v) is 10.8. The molecule has 0 spiro atoms. The van der Waals surface area contributed by atoms with E-state index in [2.05, 4.69) is 34.5 Å². The van der Waals surface area contributed by atoms with E-state index in [4.69, 9.17) is 5.73 Å². The minimum Gasteiger partial charge on any atom is -0.398 e. The van der Waals surface area contributed by atoms with Crippen LogP contribution in [0.25, 0.3) is 0 Å². The third-order valence-electron chi connectivity index (χ3n) is 5.55. The van der Waals surface area contributed by atoms with Crippen LogP contribution in [0, 0.1) is 5.92 Å². The maximum atomic E-state index is 12.8. The molecule has 0 aliphatic heterocycles. The first-order chi connectivity index (χ1) is 16.0. The number of nitrogens with zero attached hydrogens (tertiary/aromatic N) is 3. The highest BCUT2D eigenvalue weighted by Gasteiger charge is 2.32. The minimum absolute atomic E-state index is 0.153. The number of nitrogens with two attached hydrogens (primary N) is 1. The normalized spacial score (nSPS) is 14.2. The fraction of sp³-hybridized carbons (Fsp3) is 0.458. The molecule has 1 amide bonds. The number of pyridine rings is 1. The molecule has 1 aromatic heterocycles. The summed E-state index contributed by atoms with van der Waals surface area (Å²) in [6, 6.07) is 7.06. The van der Waals surface area contributed by atoms with Crippen LogP contribution in [0.4, 0.5) is 22.9 Å². The lowest BCUT2D eigenvalue weighted by atomic mass is 9.99. The van der Waals surface area contributed by atoms with Gasteiger partial charge in [0.05, 0.1) is 23.8 Å². The third kappa shape index (κ3) is 6.05. The highest BCUT2D eigenvalue weighted by Crippen LogP contribution is 2.46. The molecule has 0 bridgehead atoms. The fourth-order valence-electron chi connectivity index (χ4n) is 3.69. The number of amides is 1. The average molecular weight is 487 g/mol. The van der Waals surface area contributed by atoms with Crippen LogP contribution in [0.15, 0.2) is 35.5 Å². The molecule has 0 atom stereocenters. The van der Waals surface area contributed by atoms with E-state index >= 15 is 0 Å². The lowest BCUT2D eigenvalue weighted by Crippen LogP contribution is -2.31. The number of hydrogen-bond acceptors (Lipinski definition) is 7. The Morgan fingerprint density at radius 2 is 2.00 bits per heavy atom. The summed E-state index contributed by atoms with van der Waals surface area (Å²) in [5, 5.41) is 5.88. The molecule has 3 rings (SSSR count). The maximum Gasteiger partial charge on any atom is 0.270 e. The van der Waals surface area contributed by atoms with Crippen LogP contribution in [-0.2, 0) is 14.8 Å². The van der Waals surface area contributed by atoms with E-state index < -0.39 is 15.9 Å². The van der Waals surface area contributed by atoms with Gasteiger partial charge in [0.1, 0.15) is 11.5 Å². The Labute approximate surface area is 201 Å². The van der Waals surface area contributed by atoms with Gasteiger partial charge in [-0.25, -0.2) is 18.4 Å². The SMILES string of the molecule is CCN(c1cc(N)c(C(=Nc2ccc(NCC(C)C)nc2)C(=O)NC)cc1C1CC1)S(C)(=O)=O. The highest BCUT2D eigenvalue weighted by molar-refractivity contribution is 7.92. The molecule has 0 radical (unpaired) electrons. The molecule has 1 aliphatic carbocycles. The van der Waals surface area contributed by atoms with Crippen molar-refractivity contribution in [2.24, 2.45) is 10.9 Å². The van der Waals surface area contributed by atoms with E-state index in [1.165, 1.54) is 17.6 Å². The van der Waals surface area contributed by atoms with E-state index in [0.717, 1.165) is 30.8 Å². The van der Waals surface area contributed by atoms with Crippen LogP contribution in [0.2, 0.25) is 0 Å². The molecule has 34 heavy (non-hydrogen) atoms. The van der Waals surface area contributed by atoms with Crippen molar-refractivity contribution in [3.63, 3.8) is 0 Å². The number of aliphatic imine (C=N–C) groups is 1. The smallest absolute Gasteiger partial charge is 0.270 e. The number of nitrogens with one attached hydrogen (secondary N) is 2. The summed E-state index contributed by atoms with van der Waals surface area (Å²) in [5.41, 5.74) is 9.22. The van der Waals surface area contributed by atoms with Crippen molar-refractivity contribution in [3.8, 4) is 0 Å². The topological polar surface area (TPSA) is 130 Å². The van der Waals surface area contributed by atoms with Gasteiger partial charge in [0, 0.05) is 31.4 Å². The van der Waals surface area contributed by atoms with Gasteiger partial charge in [-0.15, -0.1) is 0 Å². The van der Waals surface area contributed by atoms with Crippen LogP contribution in [0.3, 0.4) is 0 Å². The second kappa shape index (κ2) is 10.4. The predicted octanol–water partition coefficient (Wildman–Crippen LogP) is 3.26. The molecule has 0 unspecified atom stereocenters. The molecule has 184 valence electrons. The van der Waals surface area contributed by atoms with Crippen molar-refractivity contribution in [1.82, 2.24) is 10.3 Å². The lowest BCUT2D eigenvalue weighted by molar-refractivity contribution is -0.114. The summed E-state index contributed by atoms with van der Waals surface area (Å²) in [4.78, 5) is 21.8. The van der Waals surface area contributed by atoms with Crippen molar-refractivity contribution in [1.29, 1.82) is 0 Å². The quantitative estimate of drug-likeness (QED) is 0.349. The molecule has 2 aromatic rings. The third-order valence-corrected chi connectivity index (χ3v) is 6.81. The van der Waals surface area contributed by atoms with Crippen LogP contribution in [0.5, 0.6) is 0 Å². The van der Waals surface area contributed by atoms with Gasteiger partial charge in [-0.1, -0.05) is 13.8 Å². The fourth-order valence-corrected chi connectivity index (χ4v) is 4.68. The van der Waals surface area contributed by atoms with Gasteiger partial charge in [-0.05, 0) is 61.4 Å². The molecule has 1 fully saturated rings. The largest absolute Gasteiger partial charge is 0.398 e. The molecule has 9 nitrogen and oxygen atoms in total. The van der Waals surface area contributed by atoms with Crippen molar-refractivity contribution in [2.75, 3.05) is 41.7 Å². The molecule has 1 aromatic carbocycles. The summed E-state index contributed by atoms with van der Waals surface area (Å²) in [5.74, 6) is 1.05. The summed E-state index contributed by atoms with van der Waals surface area (Å²) < 4.78 is 26.1. The first kappa shape index (κ1) is 25.5. The second-order valence-electron chi connectivity index (χ2n) is 8.92. The zero-order valence-electron chi connectivity index (χ0n) is 20.4. The summed E-state index contributed by atoms with van der Waals surface area (Å²) in [6.45, 7) is 7.10. The summed E-state index contributed by atoms with van der Waals surface area (Å²) in [7, 11) is -1.94. The molecule has 1 aliphatic rings. The standard InChI is InChI=1S/C24H34N6O3S/c1-6-30(34(5,32)33)21-12-20(25)19(11-18(21)16-7-8-16)23(24(31)26-4)29-17-9-10-22(28-14-17)27-13-15(2)3/h9-12,14-16H,6-8,13,25H2,1-5H3,(H,26,31)(H,27,28). The van der Waals surface area contributed by atoms with Crippen LogP contribution < -0.4 is 20.7 Å². The first-order valence-electron chi connectivity index (χ1n) is 11.5. The number of aromatic nitrogens is 1. The predicted molar refractivity (Wildman–Crippen MR) is 139 cm³/mol. The number of hydrogen-bond donors (Lipinski definition) is 3. The number of anilines is 3. The average Bonchev–Trinajstić information content (AvgIpc) is 3.61.